The van der Waals surface area contributed by atoms with Gasteiger partial charge in [0.15, 0.2) is 0 Å². The largest absolute Gasteiger partial charge is 0.480 e. The number of nitrogens with two attached hydrogens (primary N) is 1. The molecule has 0 aliphatic heterocycles. The second kappa shape index (κ2) is 3.16. The van der Waals surface area contributed by atoms with Crippen molar-refractivity contribution in [3.63, 3.8) is 0 Å². The molecule has 1 heterocycles. The van der Waals surface area contributed by atoms with Gasteiger partial charge in [-0.15, -0.1) is 0 Å². The zero-order valence-corrected chi connectivity index (χ0v) is 7.40. The summed E-state index contributed by atoms with van der Waals surface area (Å²) in [6.07, 6.45) is 1.77. The molecule has 4 N–H and O–H groups in total. The first-order chi connectivity index (χ1) is 6.70. The molecule has 2 aromatic rings. The van der Waals surface area contributed by atoms with Gasteiger partial charge in [0.2, 0.25) is 0 Å². The number of hydrogen-bond donors (Lipinski definition) is 3. The Morgan fingerprint density at radius 3 is 2.93 bits per heavy atom. The highest BCUT2D eigenvalue weighted by molar-refractivity contribution is 5.88. The predicted octanol–water partition coefficient (Wildman–Crippen LogP) is 1.25. The number of carboxylic acid groups (broad SMARTS) is 1. The molecule has 14 heavy (non-hydrogen) atoms. The Kier molecular flexibility index (Phi) is 1.98. The molecule has 0 amide bonds. The number of aromatic amines is 1. The first-order valence-corrected chi connectivity index (χ1v) is 4.24. The molecule has 0 aliphatic carbocycles. The minimum atomic E-state index is -1.02. The van der Waals surface area contributed by atoms with Crippen LogP contribution in [0, 0.1) is 0 Å². The van der Waals surface area contributed by atoms with Crippen LogP contribution in [0.1, 0.15) is 11.6 Å². The van der Waals surface area contributed by atoms with Crippen LogP contribution < -0.4 is 5.73 Å². The Hall–Kier alpha value is -1.81. The zero-order chi connectivity index (χ0) is 10.1. The summed E-state index contributed by atoms with van der Waals surface area (Å²) in [6.45, 7) is 0. The highest BCUT2D eigenvalue weighted by atomic mass is 16.4. The molecule has 0 saturated carbocycles. The van der Waals surface area contributed by atoms with Gasteiger partial charge >= 0.3 is 5.97 Å². The molecular formula is C10H10N2O2. The Morgan fingerprint density at radius 2 is 2.21 bits per heavy atom. The second-order valence-corrected chi connectivity index (χ2v) is 3.10. The van der Waals surface area contributed by atoms with E-state index in [4.69, 9.17) is 10.8 Å². The van der Waals surface area contributed by atoms with Gasteiger partial charge in [-0.1, -0.05) is 12.1 Å². The molecule has 0 saturated heterocycles. The van der Waals surface area contributed by atoms with Gasteiger partial charge < -0.3 is 15.8 Å². The van der Waals surface area contributed by atoms with Gasteiger partial charge in [0, 0.05) is 17.1 Å². The van der Waals surface area contributed by atoms with Gasteiger partial charge in [-0.2, -0.15) is 0 Å². The van der Waals surface area contributed by atoms with Crippen LogP contribution in [0.3, 0.4) is 0 Å². The SMILES string of the molecule is NC(C(=O)O)c1cccc2[nH]ccc12. The van der Waals surface area contributed by atoms with E-state index in [0.717, 1.165) is 10.9 Å². The number of carboxylic acids is 1. The quantitative estimate of drug-likeness (QED) is 0.666. The van der Waals surface area contributed by atoms with Crippen LogP contribution in [0.15, 0.2) is 30.5 Å². The third-order valence-electron chi connectivity index (χ3n) is 2.23. The third kappa shape index (κ3) is 1.25. The molecule has 72 valence electrons. The first-order valence-electron chi connectivity index (χ1n) is 4.24. The van der Waals surface area contributed by atoms with Gasteiger partial charge in [0.05, 0.1) is 0 Å². The summed E-state index contributed by atoms with van der Waals surface area (Å²) in [5, 5.41) is 9.66. The average molecular weight is 190 g/mol. The number of aliphatic carboxylic acids is 1. The topological polar surface area (TPSA) is 79.1 Å². The lowest BCUT2D eigenvalue weighted by Crippen LogP contribution is -2.20. The molecule has 1 atom stereocenters. The number of benzene rings is 1. The van der Waals surface area contributed by atoms with Gasteiger partial charge in [0.1, 0.15) is 6.04 Å². The lowest BCUT2D eigenvalue weighted by atomic mass is 10.0. The lowest BCUT2D eigenvalue weighted by molar-refractivity contribution is -0.138. The normalized spacial score (nSPS) is 12.9. The summed E-state index contributed by atoms with van der Waals surface area (Å²) < 4.78 is 0. The van der Waals surface area contributed by atoms with Gasteiger partial charge in [0.25, 0.3) is 0 Å². The summed E-state index contributed by atoms with van der Waals surface area (Å²) in [7, 11) is 0. The Bertz CT molecular complexity index is 476. The maximum absolute atomic E-state index is 10.7. The highest BCUT2D eigenvalue weighted by Gasteiger charge is 2.16. The standard InChI is InChI=1S/C10H10N2O2/c11-9(10(13)14)7-2-1-3-8-6(7)4-5-12-8/h1-5,9,12H,11H2,(H,13,14). The van der Waals surface area contributed by atoms with E-state index in [-0.39, 0.29) is 0 Å². The minimum Gasteiger partial charge on any atom is -0.480 e. The van der Waals surface area contributed by atoms with Crippen LogP contribution in [0.2, 0.25) is 0 Å². The summed E-state index contributed by atoms with van der Waals surface area (Å²) >= 11 is 0. The molecule has 0 spiro atoms. The minimum absolute atomic E-state index is 0.635. The van der Waals surface area contributed by atoms with Gasteiger partial charge in [-0.3, -0.25) is 4.79 Å². The Balaban J connectivity index is 2.61. The van der Waals surface area contributed by atoms with Crippen molar-refractivity contribution in [1.29, 1.82) is 0 Å². The fourth-order valence-corrected chi connectivity index (χ4v) is 1.51. The van der Waals surface area contributed by atoms with E-state index in [1.807, 2.05) is 12.1 Å². The van der Waals surface area contributed by atoms with E-state index in [1.54, 1.807) is 18.3 Å². The second-order valence-electron chi connectivity index (χ2n) is 3.10. The fourth-order valence-electron chi connectivity index (χ4n) is 1.51. The van der Waals surface area contributed by atoms with Crippen molar-refractivity contribution in [2.24, 2.45) is 5.73 Å². The highest BCUT2D eigenvalue weighted by Crippen LogP contribution is 2.22. The molecule has 2 rings (SSSR count). The molecule has 0 aliphatic rings. The summed E-state index contributed by atoms with van der Waals surface area (Å²) in [4.78, 5) is 13.7. The van der Waals surface area contributed by atoms with Crippen LogP contribution in [0.4, 0.5) is 0 Å². The molecular weight excluding hydrogens is 180 g/mol. The van der Waals surface area contributed by atoms with E-state index in [2.05, 4.69) is 4.98 Å². The fraction of sp³-hybridized carbons (Fsp3) is 0.100. The van der Waals surface area contributed by atoms with Crippen molar-refractivity contribution < 1.29 is 9.90 Å². The average Bonchev–Trinajstić information content (AvgIpc) is 2.63. The number of fused-ring (bicyclic) bond motifs is 1. The predicted molar refractivity (Wildman–Crippen MR) is 52.9 cm³/mol. The van der Waals surface area contributed by atoms with Crippen LogP contribution >= 0.6 is 0 Å². The van der Waals surface area contributed by atoms with Crippen molar-refractivity contribution in [3.05, 3.63) is 36.0 Å². The molecule has 1 unspecified atom stereocenters. The van der Waals surface area contributed by atoms with Crippen molar-refractivity contribution in [2.75, 3.05) is 0 Å². The molecule has 0 bridgehead atoms. The maximum atomic E-state index is 10.7. The van der Waals surface area contributed by atoms with E-state index in [9.17, 15) is 4.79 Å². The van der Waals surface area contributed by atoms with E-state index >= 15 is 0 Å². The van der Waals surface area contributed by atoms with Crippen molar-refractivity contribution >= 4 is 16.9 Å². The maximum Gasteiger partial charge on any atom is 0.325 e. The number of carbonyl (C=O) groups is 1. The van der Waals surface area contributed by atoms with Crippen LogP contribution in [-0.2, 0) is 4.79 Å². The van der Waals surface area contributed by atoms with Crippen LogP contribution in [0.25, 0.3) is 10.9 Å². The van der Waals surface area contributed by atoms with Crippen LogP contribution in [-0.4, -0.2) is 16.1 Å². The molecule has 0 fully saturated rings. The van der Waals surface area contributed by atoms with Gasteiger partial charge in [-0.05, 0) is 17.7 Å². The number of hydrogen-bond acceptors (Lipinski definition) is 2. The summed E-state index contributed by atoms with van der Waals surface area (Å²) in [5.41, 5.74) is 7.09. The van der Waals surface area contributed by atoms with Crippen molar-refractivity contribution in [1.82, 2.24) is 4.98 Å². The van der Waals surface area contributed by atoms with Crippen molar-refractivity contribution in [3.8, 4) is 0 Å². The number of rotatable bonds is 2. The van der Waals surface area contributed by atoms with E-state index in [0.29, 0.717) is 5.56 Å². The number of nitrogens with one attached hydrogen (secondary N) is 1. The molecule has 0 radical (unpaired) electrons. The van der Waals surface area contributed by atoms with E-state index in [1.165, 1.54) is 0 Å². The van der Waals surface area contributed by atoms with Crippen LogP contribution in [0.5, 0.6) is 0 Å². The number of aromatic nitrogens is 1. The smallest absolute Gasteiger partial charge is 0.325 e. The molecule has 4 heteroatoms. The Labute approximate surface area is 80.3 Å². The molecule has 1 aromatic carbocycles. The monoisotopic (exact) mass is 190 g/mol. The molecule has 4 nitrogen and oxygen atoms in total. The first kappa shape index (κ1) is 8.77. The summed E-state index contributed by atoms with van der Waals surface area (Å²) in [5.74, 6) is -1.02. The zero-order valence-electron chi connectivity index (χ0n) is 7.40. The third-order valence-corrected chi connectivity index (χ3v) is 2.23. The number of H-pyrrole nitrogens is 1. The summed E-state index contributed by atoms with van der Waals surface area (Å²) in [6, 6.07) is 6.27. The van der Waals surface area contributed by atoms with Crippen molar-refractivity contribution in [2.45, 2.75) is 6.04 Å². The lowest BCUT2D eigenvalue weighted by Gasteiger charge is -2.07. The molecule has 1 aromatic heterocycles. The van der Waals surface area contributed by atoms with Gasteiger partial charge in [-0.25, -0.2) is 0 Å². The Morgan fingerprint density at radius 1 is 1.43 bits per heavy atom. The van der Waals surface area contributed by atoms with E-state index < -0.39 is 12.0 Å².